The van der Waals surface area contributed by atoms with Crippen molar-refractivity contribution in [2.45, 2.75) is 0 Å². The number of rotatable bonds is 4. The number of nitrogens with zero attached hydrogens (tertiary/aromatic N) is 4. The summed E-state index contributed by atoms with van der Waals surface area (Å²) < 4.78 is 0. The van der Waals surface area contributed by atoms with Crippen LogP contribution in [-0.2, 0) is 0 Å². The molecule has 102 valence electrons. The molecule has 8 nitrogen and oxygen atoms in total. The molecule has 0 spiro atoms. The van der Waals surface area contributed by atoms with E-state index in [1.165, 1.54) is 11.1 Å². The van der Waals surface area contributed by atoms with Crippen LogP contribution in [0.1, 0.15) is 10.5 Å². The lowest BCUT2D eigenvalue weighted by atomic mass is 10.3. The van der Waals surface area contributed by atoms with Crippen LogP contribution >= 0.6 is 0 Å². The van der Waals surface area contributed by atoms with E-state index in [0.29, 0.717) is 5.69 Å². The van der Waals surface area contributed by atoms with Gasteiger partial charge in [-0.05, 0) is 18.2 Å². The lowest BCUT2D eigenvalue weighted by Gasteiger charge is -2.17. The SMILES string of the molecule is CN(c1cccnc1)c1nc(C(=O)O)ccc1[N+](=O)[O-]. The van der Waals surface area contributed by atoms with Gasteiger partial charge in [-0.2, -0.15) is 0 Å². The number of aromatic carboxylic acids is 1. The number of nitro groups is 1. The maximum atomic E-state index is 11.0. The Hall–Kier alpha value is -3.03. The maximum Gasteiger partial charge on any atom is 0.354 e. The van der Waals surface area contributed by atoms with Gasteiger partial charge in [0.25, 0.3) is 0 Å². The molecular weight excluding hydrogens is 264 g/mol. The zero-order chi connectivity index (χ0) is 14.7. The topological polar surface area (TPSA) is 109 Å². The van der Waals surface area contributed by atoms with E-state index in [0.717, 1.165) is 12.1 Å². The molecule has 0 fully saturated rings. The fourth-order valence-corrected chi connectivity index (χ4v) is 1.62. The first kappa shape index (κ1) is 13.4. The van der Waals surface area contributed by atoms with Crippen molar-refractivity contribution in [3.05, 3.63) is 52.5 Å². The van der Waals surface area contributed by atoms with E-state index >= 15 is 0 Å². The van der Waals surface area contributed by atoms with Gasteiger partial charge >= 0.3 is 11.7 Å². The molecule has 2 aromatic heterocycles. The molecule has 0 radical (unpaired) electrons. The van der Waals surface area contributed by atoms with Crippen LogP contribution in [0.3, 0.4) is 0 Å². The van der Waals surface area contributed by atoms with Crippen LogP contribution in [0.5, 0.6) is 0 Å². The van der Waals surface area contributed by atoms with E-state index in [-0.39, 0.29) is 17.2 Å². The molecule has 0 bridgehead atoms. The third-order valence-corrected chi connectivity index (χ3v) is 2.62. The largest absolute Gasteiger partial charge is 0.477 e. The maximum absolute atomic E-state index is 11.0. The molecule has 2 heterocycles. The van der Waals surface area contributed by atoms with Crippen LogP contribution in [0.2, 0.25) is 0 Å². The molecule has 0 saturated carbocycles. The van der Waals surface area contributed by atoms with E-state index in [9.17, 15) is 14.9 Å². The molecule has 0 unspecified atom stereocenters. The number of carboxylic acid groups (broad SMARTS) is 1. The summed E-state index contributed by atoms with van der Waals surface area (Å²) in [5, 5.41) is 19.9. The number of pyridine rings is 2. The van der Waals surface area contributed by atoms with Crippen molar-refractivity contribution in [1.82, 2.24) is 9.97 Å². The van der Waals surface area contributed by atoms with E-state index < -0.39 is 10.9 Å². The van der Waals surface area contributed by atoms with E-state index in [4.69, 9.17) is 5.11 Å². The predicted molar refractivity (Wildman–Crippen MR) is 70.2 cm³/mol. The van der Waals surface area contributed by atoms with Crippen LogP contribution in [0.4, 0.5) is 17.2 Å². The van der Waals surface area contributed by atoms with Gasteiger partial charge in [0.15, 0.2) is 5.69 Å². The zero-order valence-corrected chi connectivity index (χ0v) is 10.4. The summed E-state index contributed by atoms with van der Waals surface area (Å²) in [7, 11) is 1.55. The van der Waals surface area contributed by atoms with Crippen LogP contribution in [-0.4, -0.2) is 33.0 Å². The summed E-state index contributed by atoms with van der Waals surface area (Å²) in [5.41, 5.74) is 0.0216. The second kappa shape index (κ2) is 5.31. The first-order valence-electron chi connectivity index (χ1n) is 5.53. The van der Waals surface area contributed by atoms with Gasteiger partial charge in [0.1, 0.15) is 0 Å². The summed E-state index contributed by atoms with van der Waals surface area (Å²) in [6.07, 6.45) is 3.06. The lowest BCUT2D eigenvalue weighted by Crippen LogP contribution is -2.15. The van der Waals surface area contributed by atoms with E-state index in [1.807, 2.05) is 0 Å². The fourth-order valence-electron chi connectivity index (χ4n) is 1.62. The standard InChI is InChI=1S/C12H10N4O4/c1-15(8-3-2-6-13-7-8)11-10(16(19)20)5-4-9(14-11)12(17)18/h2-7H,1H3,(H,17,18). The minimum Gasteiger partial charge on any atom is -0.477 e. The first-order chi connectivity index (χ1) is 9.50. The van der Waals surface area contributed by atoms with Crippen LogP contribution in [0.15, 0.2) is 36.7 Å². The van der Waals surface area contributed by atoms with Gasteiger partial charge < -0.3 is 10.0 Å². The Bertz CT molecular complexity index is 660. The van der Waals surface area contributed by atoms with Gasteiger partial charge in [-0.3, -0.25) is 15.1 Å². The minimum absolute atomic E-state index is 0.0529. The third kappa shape index (κ3) is 2.53. The molecule has 8 heteroatoms. The third-order valence-electron chi connectivity index (χ3n) is 2.62. The van der Waals surface area contributed by atoms with E-state index in [2.05, 4.69) is 9.97 Å². The molecule has 1 N–H and O–H groups in total. The number of anilines is 2. The molecule has 20 heavy (non-hydrogen) atoms. The number of aromatic nitrogens is 2. The van der Waals surface area contributed by atoms with Crippen molar-refractivity contribution in [2.24, 2.45) is 0 Å². The molecule has 0 aliphatic carbocycles. The lowest BCUT2D eigenvalue weighted by molar-refractivity contribution is -0.384. The summed E-state index contributed by atoms with van der Waals surface area (Å²) in [5.74, 6) is -1.30. The normalized spacial score (nSPS) is 10.1. The molecule has 0 atom stereocenters. The monoisotopic (exact) mass is 274 g/mol. The predicted octanol–water partition coefficient (Wildman–Crippen LogP) is 1.85. The Labute approximate surface area is 113 Å². The van der Waals surface area contributed by atoms with Crippen molar-refractivity contribution in [3.63, 3.8) is 0 Å². The van der Waals surface area contributed by atoms with Gasteiger partial charge in [-0.15, -0.1) is 0 Å². The summed E-state index contributed by atoms with van der Waals surface area (Å²) in [6, 6.07) is 5.57. The molecule has 0 saturated heterocycles. The average molecular weight is 274 g/mol. The Morgan fingerprint density at radius 1 is 1.40 bits per heavy atom. The number of carboxylic acids is 1. The highest BCUT2D eigenvalue weighted by atomic mass is 16.6. The van der Waals surface area contributed by atoms with Gasteiger partial charge in [0, 0.05) is 19.3 Å². The van der Waals surface area contributed by atoms with Crippen molar-refractivity contribution >= 4 is 23.2 Å². The Morgan fingerprint density at radius 3 is 2.70 bits per heavy atom. The highest BCUT2D eigenvalue weighted by molar-refractivity contribution is 5.87. The molecule has 2 rings (SSSR count). The van der Waals surface area contributed by atoms with Crippen LogP contribution in [0, 0.1) is 10.1 Å². The van der Waals surface area contributed by atoms with Gasteiger partial charge in [0.05, 0.1) is 16.8 Å². The van der Waals surface area contributed by atoms with Gasteiger partial charge in [-0.25, -0.2) is 9.78 Å². The second-order valence-electron chi connectivity index (χ2n) is 3.87. The summed E-state index contributed by atoms with van der Waals surface area (Å²) >= 11 is 0. The molecule has 0 aromatic carbocycles. The van der Waals surface area contributed by atoms with Crippen molar-refractivity contribution < 1.29 is 14.8 Å². The molecular formula is C12H10N4O4. The van der Waals surface area contributed by atoms with Crippen molar-refractivity contribution in [1.29, 1.82) is 0 Å². The fraction of sp³-hybridized carbons (Fsp3) is 0.0833. The van der Waals surface area contributed by atoms with Crippen molar-refractivity contribution in [2.75, 3.05) is 11.9 Å². The van der Waals surface area contributed by atoms with Crippen LogP contribution < -0.4 is 4.90 Å². The van der Waals surface area contributed by atoms with Crippen LogP contribution in [0.25, 0.3) is 0 Å². The smallest absolute Gasteiger partial charge is 0.354 e. The van der Waals surface area contributed by atoms with Gasteiger partial charge in [-0.1, -0.05) is 0 Å². The average Bonchev–Trinajstić information content (AvgIpc) is 2.46. The quantitative estimate of drug-likeness (QED) is 0.669. The number of hydrogen-bond donors (Lipinski definition) is 1. The highest BCUT2D eigenvalue weighted by Crippen LogP contribution is 2.30. The Balaban J connectivity index is 2.55. The molecule has 0 aliphatic heterocycles. The highest BCUT2D eigenvalue weighted by Gasteiger charge is 2.22. The second-order valence-corrected chi connectivity index (χ2v) is 3.87. The molecule has 0 aliphatic rings. The van der Waals surface area contributed by atoms with Gasteiger partial charge in [0.2, 0.25) is 5.82 Å². The summed E-state index contributed by atoms with van der Waals surface area (Å²) in [6.45, 7) is 0. The van der Waals surface area contributed by atoms with E-state index in [1.54, 1.807) is 25.4 Å². The Kier molecular flexibility index (Phi) is 3.56. The molecule has 2 aromatic rings. The van der Waals surface area contributed by atoms with Crippen molar-refractivity contribution in [3.8, 4) is 0 Å². The summed E-state index contributed by atoms with van der Waals surface area (Å²) in [4.78, 5) is 30.5. The minimum atomic E-state index is -1.25. The molecule has 0 amide bonds. The zero-order valence-electron chi connectivity index (χ0n) is 10.4. The first-order valence-corrected chi connectivity index (χ1v) is 5.53. The number of hydrogen-bond acceptors (Lipinski definition) is 6. The number of carbonyl (C=O) groups is 1. The Morgan fingerprint density at radius 2 is 2.15 bits per heavy atom.